The lowest BCUT2D eigenvalue weighted by Gasteiger charge is -2.14. The molecule has 0 bridgehead atoms. The molecule has 1 aliphatic carbocycles. The maximum Gasteiger partial charge on any atom is 0.264 e. The monoisotopic (exact) mass is 274 g/mol. The van der Waals surface area contributed by atoms with Crippen LogP contribution in [0.3, 0.4) is 0 Å². The minimum atomic E-state index is -0.579. The normalized spacial score (nSPS) is 22.4. The van der Waals surface area contributed by atoms with Crippen LogP contribution in [0.4, 0.5) is 0 Å². The smallest absolute Gasteiger partial charge is 0.264 e. The number of hydrogen-bond acceptors (Lipinski definition) is 4. The Balaban J connectivity index is 1.61. The SMILES string of the molecule is O=C(NC1CCCC1)[C@H]1CC(c2ccccc2O)=NO1. The Morgan fingerprint density at radius 1 is 1.30 bits per heavy atom. The van der Waals surface area contributed by atoms with E-state index in [-0.39, 0.29) is 17.7 Å². The van der Waals surface area contributed by atoms with E-state index >= 15 is 0 Å². The van der Waals surface area contributed by atoms with Crippen molar-refractivity contribution >= 4 is 11.6 Å². The lowest BCUT2D eigenvalue weighted by molar-refractivity contribution is -0.131. The summed E-state index contributed by atoms with van der Waals surface area (Å²) in [6.07, 6.45) is 4.27. The van der Waals surface area contributed by atoms with Gasteiger partial charge >= 0.3 is 0 Å². The van der Waals surface area contributed by atoms with Crippen molar-refractivity contribution in [2.45, 2.75) is 44.2 Å². The predicted molar refractivity (Wildman–Crippen MR) is 74.5 cm³/mol. The van der Waals surface area contributed by atoms with Gasteiger partial charge in [0, 0.05) is 18.0 Å². The Morgan fingerprint density at radius 2 is 2.05 bits per heavy atom. The first-order valence-corrected chi connectivity index (χ1v) is 7.05. The van der Waals surface area contributed by atoms with Gasteiger partial charge in [0.05, 0.1) is 5.71 Å². The minimum absolute atomic E-state index is 0.105. The molecule has 5 heteroatoms. The summed E-state index contributed by atoms with van der Waals surface area (Å²) in [7, 11) is 0. The molecule has 1 aromatic rings. The van der Waals surface area contributed by atoms with Gasteiger partial charge in [-0.25, -0.2) is 0 Å². The van der Waals surface area contributed by atoms with Gasteiger partial charge in [-0.2, -0.15) is 0 Å². The average Bonchev–Trinajstić information content (AvgIpc) is 3.10. The number of phenols is 1. The van der Waals surface area contributed by atoms with Crippen molar-refractivity contribution in [3.8, 4) is 5.75 Å². The lowest BCUT2D eigenvalue weighted by Crippen LogP contribution is -2.40. The van der Waals surface area contributed by atoms with Gasteiger partial charge in [-0.1, -0.05) is 30.1 Å². The van der Waals surface area contributed by atoms with Gasteiger partial charge in [0.15, 0.2) is 0 Å². The van der Waals surface area contributed by atoms with Crippen molar-refractivity contribution in [3.05, 3.63) is 29.8 Å². The summed E-state index contributed by atoms with van der Waals surface area (Å²) in [5, 5.41) is 16.7. The van der Waals surface area contributed by atoms with Crippen LogP contribution in [0, 0.1) is 0 Å². The Labute approximate surface area is 117 Å². The molecule has 106 valence electrons. The number of amides is 1. The second-order valence-corrected chi connectivity index (χ2v) is 5.34. The number of nitrogens with zero attached hydrogens (tertiary/aromatic N) is 1. The molecule has 0 radical (unpaired) electrons. The molecule has 3 rings (SSSR count). The highest BCUT2D eigenvalue weighted by atomic mass is 16.6. The van der Waals surface area contributed by atoms with Crippen LogP contribution in [0.25, 0.3) is 0 Å². The maximum atomic E-state index is 12.1. The fraction of sp³-hybridized carbons (Fsp3) is 0.467. The van der Waals surface area contributed by atoms with Crippen LogP contribution < -0.4 is 5.32 Å². The van der Waals surface area contributed by atoms with Crippen LogP contribution in [0.2, 0.25) is 0 Å². The molecule has 0 unspecified atom stereocenters. The van der Waals surface area contributed by atoms with Gasteiger partial charge in [-0.3, -0.25) is 4.79 Å². The molecule has 1 fully saturated rings. The molecule has 5 nitrogen and oxygen atoms in total. The van der Waals surface area contributed by atoms with Crippen molar-refractivity contribution in [1.29, 1.82) is 0 Å². The molecule has 0 aromatic heterocycles. The molecule has 2 aliphatic rings. The number of para-hydroxylation sites is 1. The van der Waals surface area contributed by atoms with E-state index in [0.717, 1.165) is 12.8 Å². The highest BCUT2D eigenvalue weighted by Crippen LogP contribution is 2.24. The number of rotatable bonds is 3. The third kappa shape index (κ3) is 2.61. The lowest BCUT2D eigenvalue weighted by atomic mass is 10.0. The van der Waals surface area contributed by atoms with E-state index in [9.17, 15) is 9.90 Å². The summed E-state index contributed by atoms with van der Waals surface area (Å²) >= 11 is 0. The zero-order valence-corrected chi connectivity index (χ0v) is 11.2. The number of nitrogens with one attached hydrogen (secondary N) is 1. The van der Waals surface area contributed by atoms with Crippen molar-refractivity contribution in [2.75, 3.05) is 0 Å². The molecule has 1 atom stereocenters. The standard InChI is InChI=1S/C15H18N2O3/c18-13-8-4-3-7-11(13)12-9-14(20-17-12)15(19)16-10-5-1-2-6-10/h3-4,7-8,10,14,18H,1-2,5-6,9H2,(H,16,19)/t14-/m1/s1. The van der Waals surface area contributed by atoms with E-state index in [4.69, 9.17) is 4.84 Å². The summed E-state index contributed by atoms with van der Waals surface area (Å²) < 4.78 is 0. The van der Waals surface area contributed by atoms with E-state index in [1.54, 1.807) is 18.2 Å². The van der Waals surface area contributed by atoms with Crippen molar-refractivity contribution in [3.63, 3.8) is 0 Å². The summed E-state index contributed by atoms with van der Waals surface area (Å²) in [6.45, 7) is 0. The van der Waals surface area contributed by atoms with E-state index in [1.807, 2.05) is 6.07 Å². The summed E-state index contributed by atoms with van der Waals surface area (Å²) in [5.41, 5.74) is 1.25. The molecule has 1 heterocycles. The zero-order valence-electron chi connectivity index (χ0n) is 11.2. The van der Waals surface area contributed by atoms with Gasteiger partial charge in [0.1, 0.15) is 5.75 Å². The molecule has 1 amide bonds. The fourth-order valence-corrected chi connectivity index (χ4v) is 2.76. The molecular weight excluding hydrogens is 256 g/mol. The molecule has 1 aromatic carbocycles. The quantitative estimate of drug-likeness (QED) is 0.885. The zero-order chi connectivity index (χ0) is 13.9. The average molecular weight is 274 g/mol. The van der Waals surface area contributed by atoms with Crippen LogP contribution >= 0.6 is 0 Å². The van der Waals surface area contributed by atoms with E-state index in [0.29, 0.717) is 17.7 Å². The van der Waals surface area contributed by atoms with Crippen LogP contribution in [0.1, 0.15) is 37.7 Å². The van der Waals surface area contributed by atoms with Gasteiger partial charge in [-0.05, 0) is 25.0 Å². The van der Waals surface area contributed by atoms with Crippen molar-refractivity contribution in [1.82, 2.24) is 5.32 Å². The summed E-state index contributed by atoms with van der Waals surface area (Å²) in [5.74, 6) is 0.0535. The first-order valence-electron chi connectivity index (χ1n) is 7.05. The first kappa shape index (κ1) is 13.0. The molecule has 0 saturated heterocycles. The number of carbonyl (C=O) groups is 1. The number of oxime groups is 1. The number of aromatic hydroxyl groups is 1. The second-order valence-electron chi connectivity index (χ2n) is 5.34. The Kier molecular flexibility index (Phi) is 3.58. The third-order valence-electron chi connectivity index (χ3n) is 3.88. The second kappa shape index (κ2) is 5.53. The van der Waals surface area contributed by atoms with Crippen LogP contribution in [-0.2, 0) is 9.63 Å². The fourth-order valence-electron chi connectivity index (χ4n) is 2.76. The third-order valence-corrected chi connectivity index (χ3v) is 3.88. The molecular formula is C15H18N2O3. The highest BCUT2D eigenvalue weighted by molar-refractivity contribution is 6.05. The Morgan fingerprint density at radius 3 is 2.80 bits per heavy atom. The summed E-state index contributed by atoms with van der Waals surface area (Å²) in [6, 6.07) is 7.22. The maximum absolute atomic E-state index is 12.1. The van der Waals surface area contributed by atoms with E-state index < -0.39 is 6.10 Å². The number of phenolic OH excluding ortho intramolecular Hbond substituents is 1. The van der Waals surface area contributed by atoms with Crippen molar-refractivity contribution in [2.24, 2.45) is 5.16 Å². The Hall–Kier alpha value is -2.04. The molecule has 20 heavy (non-hydrogen) atoms. The molecule has 1 aliphatic heterocycles. The van der Waals surface area contributed by atoms with Crippen LogP contribution in [0.15, 0.2) is 29.4 Å². The topological polar surface area (TPSA) is 70.9 Å². The molecule has 2 N–H and O–H groups in total. The van der Waals surface area contributed by atoms with Crippen LogP contribution in [0.5, 0.6) is 5.75 Å². The van der Waals surface area contributed by atoms with Gasteiger partial charge < -0.3 is 15.3 Å². The number of benzene rings is 1. The van der Waals surface area contributed by atoms with Gasteiger partial charge in [-0.15, -0.1) is 0 Å². The first-order chi connectivity index (χ1) is 9.74. The molecule has 1 saturated carbocycles. The van der Waals surface area contributed by atoms with Gasteiger partial charge in [0.2, 0.25) is 6.10 Å². The Bertz CT molecular complexity index is 536. The minimum Gasteiger partial charge on any atom is -0.507 e. The van der Waals surface area contributed by atoms with Gasteiger partial charge in [0.25, 0.3) is 5.91 Å². The van der Waals surface area contributed by atoms with Crippen LogP contribution in [-0.4, -0.2) is 28.9 Å². The largest absolute Gasteiger partial charge is 0.507 e. The van der Waals surface area contributed by atoms with E-state index in [1.165, 1.54) is 12.8 Å². The number of hydrogen-bond donors (Lipinski definition) is 2. The molecule has 0 spiro atoms. The highest BCUT2D eigenvalue weighted by Gasteiger charge is 2.31. The summed E-state index contributed by atoms with van der Waals surface area (Å²) in [4.78, 5) is 17.3. The van der Waals surface area contributed by atoms with Crippen molar-refractivity contribution < 1.29 is 14.7 Å². The predicted octanol–water partition coefficient (Wildman–Crippen LogP) is 1.94. The van der Waals surface area contributed by atoms with E-state index in [2.05, 4.69) is 10.5 Å². The number of carbonyl (C=O) groups excluding carboxylic acids is 1.